The van der Waals surface area contributed by atoms with Crippen LogP contribution in [0.25, 0.3) is 0 Å². The lowest BCUT2D eigenvalue weighted by molar-refractivity contribution is 0.0931. The molecule has 0 spiro atoms. The maximum atomic E-state index is 11.9. The van der Waals surface area contributed by atoms with Crippen LogP contribution in [0, 0.1) is 0 Å². The number of phenolic OH excluding ortho intramolecular Hbond substituents is 1. The van der Waals surface area contributed by atoms with Gasteiger partial charge in [-0.15, -0.1) is 0 Å². The zero-order valence-electron chi connectivity index (χ0n) is 10.7. The minimum Gasteiger partial charge on any atom is -0.508 e. The van der Waals surface area contributed by atoms with Crippen molar-refractivity contribution in [3.8, 4) is 5.75 Å². The fraction of sp³-hybridized carbons (Fsp3) is 0.500. The normalized spacial score (nSPS) is 17.6. The summed E-state index contributed by atoms with van der Waals surface area (Å²) in [5.41, 5.74) is 0.503. The predicted molar refractivity (Wildman–Crippen MR) is 70.7 cm³/mol. The first-order chi connectivity index (χ1) is 8.65. The molecule has 1 unspecified atom stereocenters. The van der Waals surface area contributed by atoms with Crippen molar-refractivity contribution in [2.24, 2.45) is 0 Å². The summed E-state index contributed by atoms with van der Waals surface area (Å²) in [5, 5.41) is 12.3. The lowest BCUT2D eigenvalue weighted by atomic mass is 10.2. The van der Waals surface area contributed by atoms with Crippen LogP contribution in [-0.4, -0.2) is 41.6 Å². The molecule has 1 aliphatic rings. The number of carbonyl (C=O) groups excluding carboxylic acids is 1. The third-order valence-electron chi connectivity index (χ3n) is 3.22. The number of amides is 1. The van der Waals surface area contributed by atoms with E-state index in [0.29, 0.717) is 5.56 Å². The van der Waals surface area contributed by atoms with Crippen molar-refractivity contribution in [3.63, 3.8) is 0 Å². The number of likely N-dealkylation sites (tertiary alicyclic amines) is 1. The van der Waals surface area contributed by atoms with E-state index < -0.39 is 0 Å². The zero-order valence-corrected chi connectivity index (χ0v) is 10.7. The van der Waals surface area contributed by atoms with Crippen LogP contribution in [-0.2, 0) is 0 Å². The van der Waals surface area contributed by atoms with E-state index in [2.05, 4.69) is 10.2 Å². The van der Waals surface area contributed by atoms with E-state index in [-0.39, 0.29) is 17.7 Å². The molecular formula is C14H20N2O2. The molecule has 1 atom stereocenters. The van der Waals surface area contributed by atoms with Gasteiger partial charge in [-0.2, -0.15) is 0 Å². The first-order valence-electron chi connectivity index (χ1n) is 6.47. The largest absolute Gasteiger partial charge is 0.508 e. The third kappa shape index (κ3) is 3.47. The monoisotopic (exact) mass is 248 g/mol. The van der Waals surface area contributed by atoms with Crippen LogP contribution in [0.4, 0.5) is 0 Å². The van der Waals surface area contributed by atoms with Gasteiger partial charge in [0.05, 0.1) is 0 Å². The van der Waals surface area contributed by atoms with Crippen molar-refractivity contribution < 1.29 is 9.90 Å². The lowest BCUT2D eigenvalue weighted by Gasteiger charge is -2.21. The van der Waals surface area contributed by atoms with Crippen molar-refractivity contribution in [1.82, 2.24) is 10.2 Å². The number of nitrogens with zero attached hydrogens (tertiary/aromatic N) is 1. The smallest absolute Gasteiger partial charge is 0.251 e. The van der Waals surface area contributed by atoms with Crippen LogP contribution >= 0.6 is 0 Å². The third-order valence-corrected chi connectivity index (χ3v) is 3.22. The van der Waals surface area contributed by atoms with E-state index in [1.165, 1.54) is 18.9 Å². The summed E-state index contributed by atoms with van der Waals surface area (Å²) in [6, 6.07) is 6.55. The summed E-state index contributed by atoms with van der Waals surface area (Å²) in [6.45, 7) is 5.17. The van der Waals surface area contributed by atoms with Crippen molar-refractivity contribution in [2.75, 3.05) is 19.6 Å². The number of aromatic hydroxyl groups is 1. The molecule has 1 aromatic rings. The second kappa shape index (κ2) is 5.87. The highest BCUT2D eigenvalue weighted by Crippen LogP contribution is 2.11. The quantitative estimate of drug-likeness (QED) is 0.851. The van der Waals surface area contributed by atoms with E-state index >= 15 is 0 Å². The maximum Gasteiger partial charge on any atom is 0.251 e. The highest BCUT2D eigenvalue weighted by atomic mass is 16.3. The second-order valence-electron chi connectivity index (χ2n) is 4.93. The highest BCUT2D eigenvalue weighted by Gasteiger charge is 2.16. The molecule has 2 rings (SSSR count). The number of hydrogen-bond acceptors (Lipinski definition) is 3. The summed E-state index contributed by atoms with van der Waals surface area (Å²) in [4.78, 5) is 14.3. The molecule has 1 amide bonds. The molecular weight excluding hydrogens is 228 g/mol. The molecule has 18 heavy (non-hydrogen) atoms. The molecule has 98 valence electrons. The Morgan fingerprint density at radius 3 is 2.83 bits per heavy atom. The Morgan fingerprint density at radius 1 is 1.44 bits per heavy atom. The highest BCUT2D eigenvalue weighted by molar-refractivity contribution is 5.94. The molecule has 1 aliphatic heterocycles. The molecule has 1 aromatic carbocycles. The van der Waals surface area contributed by atoms with E-state index in [4.69, 9.17) is 0 Å². The number of benzene rings is 1. The summed E-state index contributed by atoms with van der Waals surface area (Å²) >= 11 is 0. The number of nitrogens with one attached hydrogen (secondary N) is 1. The molecule has 2 N–H and O–H groups in total. The average molecular weight is 248 g/mol. The van der Waals surface area contributed by atoms with Crippen molar-refractivity contribution in [1.29, 1.82) is 0 Å². The van der Waals surface area contributed by atoms with Crippen molar-refractivity contribution >= 4 is 5.91 Å². The van der Waals surface area contributed by atoms with Gasteiger partial charge in [0.15, 0.2) is 0 Å². The van der Waals surface area contributed by atoms with Gasteiger partial charge in [-0.25, -0.2) is 0 Å². The Bertz CT molecular complexity index is 414. The Balaban J connectivity index is 1.86. The van der Waals surface area contributed by atoms with E-state index in [1.807, 2.05) is 6.92 Å². The Kier molecular flexibility index (Phi) is 4.20. The van der Waals surface area contributed by atoms with Gasteiger partial charge in [-0.05, 0) is 51.1 Å². The maximum absolute atomic E-state index is 11.9. The average Bonchev–Trinajstić information content (AvgIpc) is 2.81. The zero-order chi connectivity index (χ0) is 13.0. The van der Waals surface area contributed by atoms with Crippen LogP contribution in [0.1, 0.15) is 30.1 Å². The fourth-order valence-corrected chi connectivity index (χ4v) is 2.35. The molecule has 0 aliphatic carbocycles. The predicted octanol–water partition coefficient (Wildman–Crippen LogP) is 1.61. The second-order valence-corrected chi connectivity index (χ2v) is 4.93. The van der Waals surface area contributed by atoms with Gasteiger partial charge in [-0.3, -0.25) is 4.79 Å². The van der Waals surface area contributed by atoms with Crippen LogP contribution in [0.3, 0.4) is 0 Å². The fourth-order valence-electron chi connectivity index (χ4n) is 2.35. The van der Waals surface area contributed by atoms with Gasteiger partial charge in [0, 0.05) is 18.2 Å². The van der Waals surface area contributed by atoms with Gasteiger partial charge >= 0.3 is 0 Å². The van der Waals surface area contributed by atoms with Gasteiger partial charge in [0.2, 0.25) is 0 Å². The van der Waals surface area contributed by atoms with Crippen LogP contribution in [0.15, 0.2) is 24.3 Å². The van der Waals surface area contributed by atoms with Crippen molar-refractivity contribution in [2.45, 2.75) is 25.8 Å². The Labute approximate surface area is 108 Å². The minimum absolute atomic E-state index is 0.120. The molecule has 1 fully saturated rings. The SMILES string of the molecule is CC(CN1CCCC1)NC(=O)c1cccc(O)c1. The van der Waals surface area contributed by atoms with E-state index in [1.54, 1.807) is 18.2 Å². The van der Waals surface area contributed by atoms with Gasteiger partial charge in [-0.1, -0.05) is 6.07 Å². The van der Waals surface area contributed by atoms with E-state index in [9.17, 15) is 9.90 Å². The molecule has 0 aromatic heterocycles. The minimum atomic E-state index is -0.127. The molecule has 1 heterocycles. The summed E-state index contributed by atoms with van der Waals surface area (Å²) in [5.74, 6) is -0.00700. The van der Waals surface area contributed by atoms with Crippen LogP contribution in [0.2, 0.25) is 0 Å². The summed E-state index contributed by atoms with van der Waals surface area (Å²) in [7, 11) is 0. The molecule has 4 nitrogen and oxygen atoms in total. The van der Waals surface area contributed by atoms with Gasteiger partial charge in [0.25, 0.3) is 5.91 Å². The molecule has 1 saturated heterocycles. The topological polar surface area (TPSA) is 52.6 Å². The van der Waals surface area contributed by atoms with Gasteiger partial charge in [0.1, 0.15) is 5.75 Å². The number of phenols is 1. The number of carbonyl (C=O) groups is 1. The summed E-state index contributed by atoms with van der Waals surface area (Å²) in [6.07, 6.45) is 2.51. The lowest BCUT2D eigenvalue weighted by Crippen LogP contribution is -2.41. The first-order valence-corrected chi connectivity index (χ1v) is 6.47. The molecule has 0 saturated carbocycles. The summed E-state index contributed by atoms with van der Waals surface area (Å²) < 4.78 is 0. The molecule has 4 heteroatoms. The van der Waals surface area contributed by atoms with Gasteiger partial charge < -0.3 is 15.3 Å². The van der Waals surface area contributed by atoms with Crippen LogP contribution < -0.4 is 5.32 Å². The van der Waals surface area contributed by atoms with E-state index in [0.717, 1.165) is 19.6 Å². The van der Waals surface area contributed by atoms with Crippen molar-refractivity contribution in [3.05, 3.63) is 29.8 Å². The Hall–Kier alpha value is -1.55. The van der Waals surface area contributed by atoms with Crippen LogP contribution in [0.5, 0.6) is 5.75 Å². The number of hydrogen-bond donors (Lipinski definition) is 2. The molecule has 0 radical (unpaired) electrons. The number of rotatable bonds is 4. The Morgan fingerprint density at radius 2 is 2.17 bits per heavy atom. The first kappa shape index (κ1) is 12.9. The molecule has 0 bridgehead atoms. The standard InChI is InChI=1S/C14H20N2O2/c1-11(10-16-7-2-3-8-16)15-14(18)12-5-4-6-13(17)9-12/h4-6,9,11,17H,2-3,7-8,10H2,1H3,(H,15,18).